The smallest absolute Gasteiger partial charge is 0.0506 e. The number of terminal acetylenes is 1. The summed E-state index contributed by atoms with van der Waals surface area (Å²) in [6, 6.07) is 10.2. The molecule has 0 aliphatic rings. The zero-order valence-corrected chi connectivity index (χ0v) is 12.5. The molecular formula is C18H20N2. The van der Waals surface area contributed by atoms with Gasteiger partial charge in [0, 0.05) is 22.6 Å². The fraction of sp³-hybridized carbons (Fsp3) is 0.278. The second-order valence-corrected chi connectivity index (χ2v) is 5.17. The maximum absolute atomic E-state index is 5.44. The van der Waals surface area contributed by atoms with Crippen LogP contribution in [0.5, 0.6) is 0 Å². The summed E-state index contributed by atoms with van der Waals surface area (Å²) in [5.74, 6) is 2.66. The molecule has 0 spiro atoms. The summed E-state index contributed by atoms with van der Waals surface area (Å²) in [6.07, 6.45) is 5.44. The minimum atomic E-state index is 0.191. The standard InChI is InChI=1S/C18H20N2/c1-6-16-8-7-9-17(11-16)20-15(5)18-12(2)10-13(3)19-14(18)4/h1,7-11,15,20H,2-5H3. The van der Waals surface area contributed by atoms with E-state index in [2.05, 4.69) is 43.1 Å². The van der Waals surface area contributed by atoms with Gasteiger partial charge >= 0.3 is 0 Å². The van der Waals surface area contributed by atoms with E-state index in [-0.39, 0.29) is 6.04 Å². The van der Waals surface area contributed by atoms with Gasteiger partial charge in [-0.1, -0.05) is 12.0 Å². The van der Waals surface area contributed by atoms with E-state index in [1.54, 1.807) is 0 Å². The molecule has 2 aromatic rings. The molecule has 102 valence electrons. The molecule has 0 saturated carbocycles. The highest BCUT2D eigenvalue weighted by molar-refractivity contribution is 5.52. The number of nitrogens with one attached hydrogen (secondary N) is 1. The first-order valence-corrected chi connectivity index (χ1v) is 6.79. The molecular weight excluding hydrogens is 244 g/mol. The Morgan fingerprint density at radius 1 is 1.20 bits per heavy atom. The molecule has 1 aromatic heterocycles. The van der Waals surface area contributed by atoms with Crippen molar-refractivity contribution in [2.45, 2.75) is 33.7 Å². The van der Waals surface area contributed by atoms with Gasteiger partial charge in [0.15, 0.2) is 0 Å². The van der Waals surface area contributed by atoms with Gasteiger partial charge in [-0.3, -0.25) is 4.98 Å². The van der Waals surface area contributed by atoms with Gasteiger partial charge in [0.2, 0.25) is 0 Å². The fourth-order valence-electron chi connectivity index (χ4n) is 2.71. The molecule has 0 amide bonds. The van der Waals surface area contributed by atoms with Gasteiger partial charge in [-0.05, 0) is 63.1 Å². The van der Waals surface area contributed by atoms with Crippen LogP contribution in [0, 0.1) is 33.1 Å². The number of aromatic nitrogens is 1. The highest BCUT2D eigenvalue weighted by Gasteiger charge is 2.13. The van der Waals surface area contributed by atoms with Gasteiger partial charge < -0.3 is 5.32 Å². The van der Waals surface area contributed by atoms with Crippen molar-refractivity contribution in [3.05, 3.63) is 58.4 Å². The Bertz CT molecular complexity index is 642. The molecule has 1 aromatic carbocycles. The molecule has 0 aliphatic carbocycles. The van der Waals surface area contributed by atoms with Crippen molar-refractivity contribution in [1.29, 1.82) is 0 Å². The van der Waals surface area contributed by atoms with E-state index >= 15 is 0 Å². The fourth-order valence-corrected chi connectivity index (χ4v) is 2.71. The van der Waals surface area contributed by atoms with Crippen LogP contribution in [0.3, 0.4) is 0 Å². The number of hydrogen-bond acceptors (Lipinski definition) is 2. The minimum Gasteiger partial charge on any atom is -0.378 e. The molecule has 1 heterocycles. The van der Waals surface area contributed by atoms with Crippen LogP contribution in [-0.4, -0.2) is 4.98 Å². The largest absolute Gasteiger partial charge is 0.378 e. The number of anilines is 1. The third kappa shape index (κ3) is 3.00. The highest BCUT2D eigenvalue weighted by atomic mass is 14.9. The van der Waals surface area contributed by atoms with E-state index in [1.165, 1.54) is 11.1 Å². The number of benzene rings is 1. The lowest BCUT2D eigenvalue weighted by molar-refractivity contribution is 0.843. The van der Waals surface area contributed by atoms with E-state index < -0.39 is 0 Å². The quantitative estimate of drug-likeness (QED) is 0.842. The summed E-state index contributed by atoms with van der Waals surface area (Å²) >= 11 is 0. The number of pyridine rings is 1. The molecule has 0 bridgehead atoms. The third-order valence-corrected chi connectivity index (χ3v) is 3.43. The SMILES string of the molecule is C#Cc1cccc(NC(C)c2c(C)cc(C)nc2C)c1. The number of nitrogens with zero attached hydrogens (tertiary/aromatic N) is 1. The van der Waals surface area contributed by atoms with Gasteiger partial charge in [-0.2, -0.15) is 0 Å². The maximum atomic E-state index is 5.44. The van der Waals surface area contributed by atoms with Gasteiger partial charge in [-0.15, -0.1) is 6.42 Å². The van der Waals surface area contributed by atoms with E-state index in [0.29, 0.717) is 0 Å². The van der Waals surface area contributed by atoms with Crippen LogP contribution in [0.25, 0.3) is 0 Å². The first-order valence-electron chi connectivity index (χ1n) is 6.79. The zero-order valence-electron chi connectivity index (χ0n) is 12.5. The summed E-state index contributed by atoms with van der Waals surface area (Å²) < 4.78 is 0. The first-order chi connectivity index (χ1) is 9.51. The molecule has 1 atom stereocenters. The van der Waals surface area contributed by atoms with Crippen molar-refractivity contribution in [3.8, 4) is 12.3 Å². The predicted molar refractivity (Wildman–Crippen MR) is 84.9 cm³/mol. The van der Waals surface area contributed by atoms with E-state index in [4.69, 9.17) is 6.42 Å². The van der Waals surface area contributed by atoms with Crippen LogP contribution in [0.1, 0.15) is 41.0 Å². The van der Waals surface area contributed by atoms with Gasteiger partial charge in [-0.25, -0.2) is 0 Å². The van der Waals surface area contributed by atoms with E-state index in [0.717, 1.165) is 22.6 Å². The first kappa shape index (κ1) is 14.1. The minimum absolute atomic E-state index is 0.191. The lowest BCUT2D eigenvalue weighted by atomic mass is 10.00. The molecule has 2 rings (SSSR count). The Balaban J connectivity index is 2.28. The summed E-state index contributed by atoms with van der Waals surface area (Å²) in [6.45, 7) is 8.37. The molecule has 1 unspecified atom stereocenters. The summed E-state index contributed by atoms with van der Waals surface area (Å²) in [5, 5.41) is 3.50. The van der Waals surface area contributed by atoms with E-state index in [9.17, 15) is 0 Å². The zero-order chi connectivity index (χ0) is 14.7. The lowest BCUT2D eigenvalue weighted by Gasteiger charge is -2.20. The Labute approximate surface area is 121 Å². The summed E-state index contributed by atoms with van der Waals surface area (Å²) in [5.41, 5.74) is 6.58. The van der Waals surface area contributed by atoms with Crippen LogP contribution in [0.4, 0.5) is 5.69 Å². The summed E-state index contributed by atoms with van der Waals surface area (Å²) in [7, 11) is 0. The van der Waals surface area contributed by atoms with Crippen LogP contribution >= 0.6 is 0 Å². The van der Waals surface area contributed by atoms with Gasteiger partial charge in [0.1, 0.15) is 0 Å². The Hall–Kier alpha value is -2.27. The van der Waals surface area contributed by atoms with Crippen LogP contribution in [0.2, 0.25) is 0 Å². The molecule has 0 fully saturated rings. The van der Waals surface area contributed by atoms with E-state index in [1.807, 2.05) is 31.2 Å². The van der Waals surface area contributed by atoms with Crippen molar-refractivity contribution in [2.75, 3.05) is 5.32 Å². The Morgan fingerprint density at radius 2 is 1.95 bits per heavy atom. The lowest BCUT2D eigenvalue weighted by Crippen LogP contribution is -2.11. The van der Waals surface area contributed by atoms with Crippen LogP contribution in [-0.2, 0) is 0 Å². The number of aryl methyl sites for hydroxylation is 3. The van der Waals surface area contributed by atoms with Crippen molar-refractivity contribution < 1.29 is 0 Å². The molecule has 1 N–H and O–H groups in total. The average molecular weight is 264 g/mol. The monoisotopic (exact) mass is 264 g/mol. The second-order valence-electron chi connectivity index (χ2n) is 5.17. The summed E-state index contributed by atoms with van der Waals surface area (Å²) in [4.78, 5) is 4.56. The van der Waals surface area contributed by atoms with Gasteiger partial charge in [0.25, 0.3) is 0 Å². The second kappa shape index (κ2) is 5.79. The molecule has 0 saturated heterocycles. The molecule has 0 radical (unpaired) electrons. The normalized spacial score (nSPS) is 11.8. The molecule has 20 heavy (non-hydrogen) atoms. The van der Waals surface area contributed by atoms with Crippen molar-refractivity contribution in [3.63, 3.8) is 0 Å². The van der Waals surface area contributed by atoms with Crippen LogP contribution in [0.15, 0.2) is 30.3 Å². The van der Waals surface area contributed by atoms with Crippen LogP contribution < -0.4 is 5.32 Å². The number of hydrogen-bond donors (Lipinski definition) is 1. The molecule has 0 aliphatic heterocycles. The average Bonchev–Trinajstić information content (AvgIpc) is 2.37. The topological polar surface area (TPSA) is 24.9 Å². The van der Waals surface area contributed by atoms with Crippen molar-refractivity contribution in [1.82, 2.24) is 4.98 Å². The maximum Gasteiger partial charge on any atom is 0.0506 e. The van der Waals surface area contributed by atoms with Crippen molar-refractivity contribution >= 4 is 5.69 Å². The van der Waals surface area contributed by atoms with Crippen molar-refractivity contribution in [2.24, 2.45) is 0 Å². The Kier molecular flexibility index (Phi) is 4.10. The highest BCUT2D eigenvalue weighted by Crippen LogP contribution is 2.25. The number of rotatable bonds is 3. The molecule has 2 nitrogen and oxygen atoms in total. The molecule has 2 heteroatoms. The van der Waals surface area contributed by atoms with Gasteiger partial charge in [0.05, 0.1) is 6.04 Å². The Morgan fingerprint density at radius 3 is 2.60 bits per heavy atom. The predicted octanol–water partition coefficient (Wildman–Crippen LogP) is 4.16. The third-order valence-electron chi connectivity index (χ3n) is 3.43.